The van der Waals surface area contributed by atoms with E-state index in [0.29, 0.717) is 0 Å². The van der Waals surface area contributed by atoms with Crippen LogP contribution < -0.4 is 0 Å². The number of para-hydroxylation sites is 3. The van der Waals surface area contributed by atoms with E-state index in [-0.39, 0.29) is 0 Å². The maximum Gasteiger partial charge on any atom is 0.144 e. The molecule has 0 spiro atoms. The Bertz CT molecular complexity index is 2790. The Labute approximate surface area is 264 Å². The predicted octanol–water partition coefficient (Wildman–Crippen LogP) is 12.8. The fourth-order valence-electron chi connectivity index (χ4n) is 7.36. The molecule has 2 heterocycles. The van der Waals surface area contributed by atoms with Gasteiger partial charge in [-0.2, -0.15) is 0 Å². The average molecular weight is 587 g/mol. The van der Waals surface area contributed by atoms with Gasteiger partial charge in [0.1, 0.15) is 22.3 Å². The van der Waals surface area contributed by atoms with Crippen molar-refractivity contribution in [2.45, 2.75) is 0 Å². The minimum Gasteiger partial charge on any atom is -0.455 e. The highest BCUT2D eigenvalue weighted by Crippen LogP contribution is 2.49. The largest absolute Gasteiger partial charge is 0.455 e. The molecule has 8 aromatic carbocycles. The molecule has 0 bridgehead atoms. The molecule has 0 aliphatic rings. The molecule has 0 saturated carbocycles. The Balaban J connectivity index is 1.27. The maximum atomic E-state index is 6.82. The monoisotopic (exact) mass is 586 g/mol. The van der Waals surface area contributed by atoms with E-state index in [4.69, 9.17) is 8.83 Å². The fraction of sp³-hybridized carbons (Fsp3) is 0. The predicted molar refractivity (Wildman–Crippen MR) is 192 cm³/mol. The van der Waals surface area contributed by atoms with Gasteiger partial charge in [-0.25, -0.2) is 0 Å². The van der Waals surface area contributed by atoms with Gasteiger partial charge < -0.3 is 8.83 Å². The van der Waals surface area contributed by atoms with E-state index in [2.05, 4.69) is 140 Å². The zero-order valence-corrected chi connectivity index (χ0v) is 24.8. The number of furan rings is 2. The van der Waals surface area contributed by atoms with Gasteiger partial charge in [0.15, 0.2) is 0 Å². The van der Waals surface area contributed by atoms with Crippen LogP contribution in [0.1, 0.15) is 0 Å². The summed E-state index contributed by atoms with van der Waals surface area (Å²) in [6, 6.07) is 56.0. The molecule has 214 valence electrons. The van der Waals surface area contributed by atoms with Gasteiger partial charge in [0.2, 0.25) is 0 Å². The Hall–Kier alpha value is -6.12. The minimum atomic E-state index is 0.875. The van der Waals surface area contributed by atoms with Gasteiger partial charge in [-0.05, 0) is 56.4 Å². The standard InChI is InChI=1S/C44H26O2/c1-2-11-30-26-31(25-22-27(30)10-1)28-20-23-29(24-21-28)40-33-13-3-4-14-34(33)41(44-42(40)36-15-6-8-19-39(36)46-44)37-17-9-16-35-32-12-5-7-18-38(32)45-43(35)37/h1-26H. The van der Waals surface area contributed by atoms with Gasteiger partial charge >= 0.3 is 0 Å². The third-order valence-electron chi connectivity index (χ3n) is 9.47. The van der Waals surface area contributed by atoms with Crippen LogP contribution in [0.4, 0.5) is 0 Å². The van der Waals surface area contributed by atoms with Crippen molar-refractivity contribution in [1.29, 1.82) is 0 Å². The van der Waals surface area contributed by atoms with Gasteiger partial charge in [0.05, 0.1) is 0 Å². The normalized spacial score (nSPS) is 11.9. The van der Waals surface area contributed by atoms with E-state index < -0.39 is 0 Å². The first kappa shape index (κ1) is 25.2. The highest BCUT2D eigenvalue weighted by molar-refractivity contribution is 6.28. The number of fused-ring (bicyclic) bond motifs is 8. The first-order valence-electron chi connectivity index (χ1n) is 15.7. The lowest BCUT2D eigenvalue weighted by atomic mass is 9.87. The minimum absolute atomic E-state index is 0.875. The Morgan fingerprint density at radius 3 is 1.70 bits per heavy atom. The molecule has 46 heavy (non-hydrogen) atoms. The summed E-state index contributed by atoms with van der Waals surface area (Å²) in [5.41, 5.74) is 10.4. The Kier molecular flexibility index (Phi) is 5.31. The van der Waals surface area contributed by atoms with Crippen LogP contribution in [0, 0.1) is 0 Å². The van der Waals surface area contributed by atoms with Crippen LogP contribution in [0.2, 0.25) is 0 Å². The van der Waals surface area contributed by atoms with Crippen molar-refractivity contribution < 1.29 is 8.83 Å². The molecule has 0 N–H and O–H groups in total. The molecule has 0 radical (unpaired) electrons. The van der Waals surface area contributed by atoms with Crippen LogP contribution in [0.3, 0.4) is 0 Å². The number of rotatable bonds is 3. The molecular weight excluding hydrogens is 560 g/mol. The van der Waals surface area contributed by atoms with Crippen molar-refractivity contribution >= 4 is 65.4 Å². The molecule has 2 aromatic heterocycles. The van der Waals surface area contributed by atoms with E-state index in [1.165, 1.54) is 32.8 Å². The average Bonchev–Trinajstić information content (AvgIpc) is 3.69. The molecular formula is C44H26O2. The van der Waals surface area contributed by atoms with Crippen molar-refractivity contribution in [1.82, 2.24) is 0 Å². The van der Waals surface area contributed by atoms with Crippen molar-refractivity contribution in [3.8, 4) is 33.4 Å². The van der Waals surface area contributed by atoms with E-state index in [1.807, 2.05) is 18.2 Å². The van der Waals surface area contributed by atoms with Gasteiger partial charge in [-0.1, -0.05) is 140 Å². The van der Waals surface area contributed by atoms with E-state index in [9.17, 15) is 0 Å². The molecule has 0 fully saturated rings. The SMILES string of the molecule is c1ccc2cc(-c3ccc(-c4c5ccccc5c(-c5cccc6c5oc5ccccc56)c5oc6ccccc6c45)cc3)ccc2c1. The van der Waals surface area contributed by atoms with Crippen LogP contribution in [0.15, 0.2) is 167 Å². The lowest BCUT2D eigenvalue weighted by Gasteiger charge is -2.15. The molecule has 10 aromatic rings. The number of hydrogen-bond donors (Lipinski definition) is 0. The molecule has 0 aliphatic carbocycles. The zero-order valence-electron chi connectivity index (χ0n) is 24.8. The van der Waals surface area contributed by atoms with E-state index in [1.54, 1.807) is 0 Å². The van der Waals surface area contributed by atoms with Gasteiger partial charge in [-0.3, -0.25) is 0 Å². The Morgan fingerprint density at radius 1 is 0.326 bits per heavy atom. The van der Waals surface area contributed by atoms with Gasteiger partial charge in [0, 0.05) is 38.2 Å². The van der Waals surface area contributed by atoms with Crippen LogP contribution >= 0.6 is 0 Å². The second-order valence-corrected chi connectivity index (χ2v) is 12.0. The molecule has 0 amide bonds. The summed E-state index contributed by atoms with van der Waals surface area (Å²) in [7, 11) is 0. The topological polar surface area (TPSA) is 26.3 Å². The second kappa shape index (κ2) is 9.69. The van der Waals surface area contributed by atoms with Crippen molar-refractivity contribution in [2.24, 2.45) is 0 Å². The highest BCUT2D eigenvalue weighted by atomic mass is 16.3. The molecule has 0 atom stereocenters. The molecule has 0 aliphatic heterocycles. The van der Waals surface area contributed by atoms with Crippen molar-refractivity contribution in [3.63, 3.8) is 0 Å². The van der Waals surface area contributed by atoms with Crippen molar-refractivity contribution in [2.75, 3.05) is 0 Å². The smallest absolute Gasteiger partial charge is 0.144 e. The van der Waals surface area contributed by atoms with Crippen molar-refractivity contribution in [3.05, 3.63) is 158 Å². The summed E-state index contributed by atoms with van der Waals surface area (Å²) in [6.45, 7) is 0. The number of hydrogen-bond acceptors (Lipinski definition) is 2. The first-order chi connectivity index (χ1) is 22.8. The third-order valence-corrected chi connectivity index (χ3v) is 9.47. The molecule has 0 saturated heterocycles. The van der Waals surface area contributed by atoms with Crippen LogP contribution in [-0.2, 0) is 0 Å². The van der Waals surface area contributed by atoms with Gasteiger partial charge in [-0.15, -0.1) is 0 Å². The molecule has 0 unspecified atom stereocenters. The number of benzene rings is 8. The quantitative estimate of drug-likeness (QED) is 0.206. The summed E-state index contributed by atoms with van der Waals surface area (Å²) >= 11 is 0. The molecule has 2 heteroatoms. The van der Waals surface area contributed by atoms with Crippen LogP contribution in [0.25, 0.3) is 98.8 Å². The Morgan fingerprint density at radius 2 is 0.891 bits per heavy atom. The summed E-state index contributed by atoms with van der Waals surface area (Å²) in [4.78, 5) is 0. The van der Waals surface area contributed by atoms with Crippen LogP contribution in [-0.4, -0.2) is 0 Å². The van der Waals surface area contributed by atoms with E-state index in [0.717, 1.165) is 66.0 Å². The molecule has 2 nitrogen and oxygen atoms in total. The lowest BCUT2D eigenvalue weighted by molar-refractivity contribution is 0.665. The van der Waals surface area contributed by atoms with E-state index >= 15 is 0 Å². The third kappa shape index (κ3) is 3.65. The summed E-state index contributed by atoms with van der Waals surface area (Å²) in [5.74, 6) is 0. The highest BCUT2D eigenvalue weighted by Gasteiger charge is 2.24. The summed E-state index contributed by atoms with van der Waals surface area (Å²) < 4.78 is 13.4. The lowest BCUT2D eigenvalue weighted by Crippen LogP contribution is -1.90. The molecule has 10 rings (SSSR count). The first-order valence-corrected chi connectivity index (χ1v) is 15.7. The maximum absolute atomic E-state index is 6.82. The zero-order chi connectivity index (χ0) is 30.2. The van der Waals surface area contributed by atoms with Gasteiger partial charge in [0.25, 0.3) is 0 Å². The summed E-state index contributed by atoms with van der Waals surface area (Å²) in [6.07, 6.45) is 0. The van der Waals surface area contributed by atoms with Crippen LogP contribution in [0.5, 0.6) is 0 Å². The summed E-state index contributed by atoms with van der Waals surface area (Å²) in [5, 5.41) is 9.27. The fourth-order valence-corrected chi connectivity index (χ4v) is 7.36. The second-order valence-electron chi connectivity index (χ2n) is 12.0.